The zero-order chi connectivity index (χ0) is 35.2. The van der Waals surface area contributed by atoms with Crippen molar-refractivity contribution in [1.82, 2.24) is 5.32 Å². The second-order valence-electron chi connectivity index (χ2n) is 15.3. The fourth-order valence-corrected chi connectivity index (χ4v) is 7.05. The molecule has 0 heterocycles. The molecule has 4 N–H and O–H groups in total. The zero-order valence-electron chi connectivity index (χ0n) is 32.6. The molecule has 0 saturated heterocycles. The third-order valence-corrected chi connectivity index (χ3v) is 10.4. The lowest BCUT2D eigenvalue weighted by atomic mass is 10.0. The number of rotatable bonds is 40. The van der Waals surface area contributed by atoms with E-state index < -0.39 is 18.2 Å². The van der Waals surface area contributed by atoms with Gasteiger partial charge in [-0.3, -0.25) is 4.79 Å². The second-order valence-corrected chi connectivity index (χ2v) is 15.3. The largest absolute Gasteiger partial charge is 0.394 e. The molecule has 3 unspecified atom stereocenters. The van der Waals surface area contributed by atoms with Crippen molar-refractivity contribution in [3.8, 4) is 0 Å². The van der Waals surface area contributed by atoms with Gasteiger partial charge in [0, 0.05) is 0 Å². The lowest BCUT2D eigenvalue weighted by Gasteiger charge is -2.23. The van der Waals surface area contributed by atoms with E-state index in [2.05, 4.69) is 19.2 Å². The molecule has 0 aromatic carbocycles. The highest BCUT2D eigenvalue weighted by Gasteiger charge is 2.21. The van der Waals surface area contributed by atoms with Crippen molar-refractivity contribution in [2.45, 2.75) is 263 Å². The molecule has 0 aromatic rings. The SMILES string of the molecule is CCCCCCCCCCCCCCCCCCCCCC(O)C(CO)NC(=O)CC(O)CCCCCCCCCCCCCCCC. The van der Waals surface area contributed by atoms with Gasteiger partial charge in [-0.2, -0.15) is 0 Å². The predicted molar refractivity (Wildman–Crippen MR) is 209 cm³/mol. The van der Waals surface area contributed by atoms with Crippen LogP contribution < -0.4 is 5.32 Å². The number of aliphatic hydroxyl groups excluding tert-OH is 3. The Morgan fingerprint density at radius 2 is 0.708 bits per heavy atom. The Balaban J connectivity index is 3.58. The van der Waals surface area contributed by atoms with Gasteiger partial charge in [-0.05, 0) is 12.8 Å². The Kier molecular flexibility index (Phi) is 38.6. The topological polar surface area (TPSA) is 89.8 Å². The van der Waals surface area contributed by atoms with Gasteiger partial charge in [0.15, 0.2) is 0 Å². The minimum atomic E-state index is -0.743. The van der Waals surface area contributed by atoms with E-state index in [9.17, 15) is 20.1 Å². The molecular weight excluding hydrogens is 594 g/mol. The quantitative estimate of drug-likeness (QED) is 0.0485. The number of nitrogens with one attached hydrogen (secondary N) is 1. The molecule has 0 fully saturated rings. The van der Waals surface area contributed by atoms with E-state index in [0.717, 1.165) is 25.7 Å². The van der Waals surface area contributed by atoms with Crippen LogP contribution >= 0.6 is 0 Å². The number of carbonyl (C=O) groups is 1. The Hall–Kier alpha value is -0.650. The van der Waals surface area contributed by atoms with Crippen LogP contribution in [-0.4, -0.2) is 46.1 Å². The molecule has 1 amide bonds. The number of carbonyl (C=O) groups excluding carboxylic acids is 1. The van der Waals surface area contributed by atoms with Gasteiger partial charge in [0.1, 0.15) is 0 Å². The maximum absolute atomic E-state index is 12.4. The molecule has 48 heavy (non-hydrogen) atoms. The summed E-state index contributed by atoms with van der Waals surface area (Å²) in [6.07, 6.45) is 43.5. The second kappa shape index (κ2) is 39.1. The van der Waals surface area contributed by atoms with Crippen molar-refractivity contribution < 1.29 is 20.1 Å². The standard InChI is InChI=1S/C43H87NO4/c1-3-5-7-9-11-13-15-17-19-20-21-22-23-25-27-29-31-33-35-37-42(47)41(39-45)44-43(48)38-40(46)36-34-32-30-28-26-24-18-16-14-12-10-8-6-4-2/h40-42,45-47H,3-39H2,1-2H3,(H,44,48). The molecular formula is C43H87NO4. The van der Waals surface area contributed by atoms with Crippen LogP contribution in [-0.2, 0) is 4.79 Å². The first-order valence-electron chi connectivity index (χ1n) is 21.8. The monoisotopic (exact) mass is 682 g/mol. The minimum absolute atomic E-state index is 0.0426. The molecule has 3 atom stereocenters. The molecule has 0 radical (unpaired) electrons. The van der Waals surface area contributed by atoms with Gasteiger partial charge in [0.25, 0.3) is 0 Å². The number of hydrogen-bond acceptors (Lipinski definition) is 4. The number of hydrogen-bond donors (Lipinski definition) is 4. The van der Waals surface area contributed by atoms with Crippen LogP contribution in [0.3, 0.4) is 0 Å². The van der Waals surface area contributed by atoms with Crippen LogP contribution in [0.15, 0.2) is 0 Å². The van der Waals surface area contributed by atoms with Crippen LogP contribution in [0.2, 0.25) is 0 Å². The van der Waals surface area contributed by atoms with Crippen LogP contribution in [0.1, 0.15) is 245 Å². The normalized spacial score (nSPS) is 13.5. The summed E-state index contributed by atoms with van der Waals surface area (Å²) in [6, 6.07) is -0.652. The zero-order valence-corrected chi connectivity index (χ0v) is 32.6. The van der Waals surface area contributed by atoms with E-state index >= 15 is 0 Å². The van der Waals surface area contributed by atoms with Gasteiger partial charge < -0.3 is 20.6 Å². The van der Waals surface area contributed by atoms with Gasteiger partial charge in [-0.15, -0.1) is 0 Å². The van der Waals surface area contributed by atoms with E-state index in [0.29, 0.717) is 12.8 Å². The molecule has 5 nitrogen and oxygen atoms in total. The van der Waals surface area contributed by atoms with Gasteiger partial charge >= 0.3 is 0 Å². The summed E-state index contributed by atoms with van der Waals surface area (Å²) >= 11 is 0. The maximum Gasteiger partial charge on any atom is 0.222 e. The summed E-state index contributed by atoms with van der Waals surface area (Å²) in [7, 11) is 0. The molecule has 0 aliphatic heterocycles. The van der Waals surface area contributed by atoms with Crippen LogP contribution in [0.5, 0.6) is 0 Å². The summed E-state index contributed by atoms with van der Waals surface area (Å²) in [6.45, 7) is 4.28. The predicted octanol–water partition coefficient (Wildman–Crippen LogP) is 12.3. The Bertz CT molecular complexity index is 630. The summed E-state index contributed by atoms with van der Waals surface area (Å²) < 4.78 is 0. The highest BCUT2D eigenvalue weighted by molar-refractivity contribution is 5.76. The molecule has 288 valence electrons. The molecule has 0 bridgehead atoms. The first-order valence-corrected chi connectivity index (χ1v) is 21.8. The van der Waals surface area contributed by atoms with Crippen molar-refractivity contribution >= 4 is 5.91 Å². The molecule has 0 aromatic heterocycles. The van der Waals surface area contributed by atoms with Gasteiger partial charge in [0.05, 0.1) is 31.3 Å². The maximum atomic E-state index is 12.4. The summed E-state index contributed by atoms with van der Waals surface area (Å²) in [5.74, 6) is -0.279. The Labute approximate surface area is 300 Å². The van der Waals surface area contributed by atoms with Crippen LogP contribution in [0, 0.1) is 0 Å². The van der Waals surface area contributed by atoms with Crippen molar-refractivity contribution in [1.29, 1.82) is 0 Å². The highest BCUT2D eigenvalue weighted by atomic mass is 16.3. The van der Waals surface area contributed by atoms with E-state index in [1.54, 1.807) is 0 Å². The molecule has 0 aliphatic carbocycles. The van der Waals surface area contributed by atoms with Crippen molar-refractivity contribution in [3.63, 3.8) is 0 Å². The Morgan fingerprint density at radius 3 is 1.00 bits per heavy atom. The van der Waals surface area contributed by atoms with E-state index in [1.165, 1.54) is 186 Å². The number of aliphatic hydroxyl groups is 3. The number of amides is 1. The average Bonchev–Trinajstić information content (AvgIpc) is 3.08. The van der Waals surface area contributed by atoms with Gasteiger partial charge in [-0.25, -0.2) is 0 Å². The third-order valence-electron chi connectivity index (χ3n) is 10.4. The van der Waals surface area contributed by atoms with Crippen LogP contribution in [0.25, 0.3) is 0 Å². The summed E-state index contributed by atoms with van der Waals surface area (Å²) in [4.78, 5) is 12.4. The van der Waals surface area contributed by atoms with Crippen molar-refractivity contribution in [3.05, 3.63) is 0 Å². The summed E-state index contributed by atoms with van der Waals surface area (Å²) in [5, 5.41) is 33.4. The lowest BCUT2D eigenvalue weighted by Crippen LogP contribution is -2.46. The smallest absolute Gasteiger partial charge is 0.222 e. The molecule has 0 rings (SSSR count). The Morgan fingerprint density at radius 1 is 0.438 bits per heavy atom. The average molecular weight is 682 g/mol. The highest BCUT2D eigenvalue weighted by Crippen LogP contribution is 2.17. The molecule has 0 aliphatic rings. The third kappa shape index (κ3) is 35.2. The van der Waals surface area contributed by atoms with Gasteiger partial charge in [-0.1, -0.05) is 226 Å². The van der Waals surface area contributed by atoms with Crippen LogP contribution in [0.4, 0.5) is 0 Å². The first kappa shape index (κ1) is 47.4. The molecule has 5 heteroatoms. The van der Waals surface area contributed by atoms with Gasteiger partial charge in [0.2, 0.25) is 5.91 Å². The van der Waals surface area contributed by atoms with Crippen molar-refractivity contribution in [2.24, 2.45) is 0 Å². The van der Waals surface area contributed by atoms with E-state index in [4.69, 9.17) is 0 Å². The first-order chi connectivity index (χ1) is 23.5. The molecule has 0 saturated carbocycles. The fourth-order valence-electron chi connectivity index (χ4n) is 7.05. The van der Waals surface area contributed by atoms with Crippen molar-refractivity contribution in [2.75, 3.05) is 6.61 Å². The van der Waals surface area contributed by atoms with E-state index in [1.807, 2.05) is 0 Å². The summed E-state index contributed by atoms with van der Waals surface area (Å²) in [5.41, 5.74) is 0. The van der Waals surface area contributed by atoms with E-state index in [-0.39, 0.29) is 18.9 Å². The minimum Gasteiger partial charge on any atom is -0.394 e. The molecule has 0 spiro atoms. The number of unbranched alkanes of at least 4 members (excludes halogenated alkanes) is 31. The lowest BCUT2D eigenvalue weighted by molar-refractivity contribution is -0.125. The fraction of sp³-hybridized carbons (Fsp3) is 0.977.